The maximum absolute atomic E-state index is 6.42. The number of benzene rings is 1. The minimum Gasteiger partial charge on any atom is -0.322 e. The van der Waals surface area contributed by atoms with E-state index in [9.17, 15) is 0 Å². The van der Waals surface area contributed by atoms with Gasteiger partial charge in [-0.15, -0.1) is 0 Å². The van der Waals surface area contributed by atoms with Crippen molar-refractivity contribution in [3.05, 3.63) is 34.9 Å². The standard InChI is InChI=1S/C15H24ClN/c1-11(2)9-12(3)10-15(4,17)13-5-7-14(16)8-6-13/h5-8,11-12H,9-10,17H2,1-4H3. The van der Waals surface area contributed by atoms with Crippen LogP contribution in [-0.2, 0) is 5.54 Å². The van der Waals surface area contributed by atoms with Gasteiger partial charge in [-0.1, -0.05) is 44.5 Å². The largest absolute Gasteiger partial charge is 0.322 e. The Morgan fingerprint density at radius 3 is 2.18 bits per heavy atom. The molecule has 2 atom stereocenters. The van der Waals surface area contributed by atoms with Crippen molar-refractivity contribution in [3.8, 4) is 0 Å². The molecule has 0 spiro atoms. The highest BCUT2D eigenvalue weighted by molar-refractivity contribution is 6.30. The summed E-state index contributed by atoms with van der Waals surface area (Å²) in [6, 6.07) is 7.89. The van der Waals surface area contributed by atoms with Crippen LogP contribution in [0.5, 0.6) is 0 Å². The van der Waals surface area contributed by atoms with E-state index < -0.39 is 0 Å². The van der Waals surface area contributed by atoms with E-state index in [4.69, 9.17) is 17.3 Å². The molecule has 0 aliphatic heterocycles. The summed E-state index contributed by atoms with van der Waals surface area (Å²) in [6.07, 6.45) is 2.23. The highest BCUT2D eigenvalue weighted by Gasteiger charge is 2.24. The first-order valence-corrected chi connectivity index (χ1v) is 6.74. The Kier molecular flexibility index (Phi) is 5.03. The number of rotatable bonds is 5. The number of hydrogen-bond acceptors (Lipinski definition) is 1. The van der Waals surface area contributed by atoms with Crippen molar-refractivity contribution in [2.45, 2.75) is 46.1 Å². The van der Waals surface area contributed by atoms with Crippen LogP contribution in [-0.4, -0.2) is 0 Å². The molecule has 96 valence electrons. The van der Waals surface area contributed by atoms with E-state index in [-0.39, 0.29) is 5.54 Å². The normalized spacial score (nSPS) is 16.9. The number of nitrogens with two attached hydrogens (primary N) is 1. The van der Waals surface area contributed by atoms with Gasteiger partial charge in [-0.3, -0.25) is 0 Å². The SMILES string of the molecule is CC(C)CC(C)CC(C)(N)c1ccc(Cl)cc1. The van der Waals surface area contributed by atoms with Gasteiger partial charge in [-0.25, -0.2) is 0 Å². The lowest BCUT2D eigenvalue weighted by molar-refractivity contribution is 0.320. The second-order valence-electron chi connectivity index (χ2n) is 5.86. The zero-order valence-corrected chi connectivity index (χ0v) is 12.1. The molecule has 0 aliphatic rings. The fourth-order valence-corrected chi connectivity index (χ4v) is 2.69. The topological polar surface area (TPSA) is 26.0 Å². The van der Waals surface area contributed by atoms with Gasteiger partial charge in [-0.2, -0.15) is 0 Å². The van der Waals surface area contributed by atoms with E-state index in [1.165, 1.54) is 6.42 Å². The summed E-state index contributed by atoms with van der Waals surface area (Å²) in [5, 5.41) is 0.764. The molecule has 0 bridgehead atoms. The van der Waals surface area contributed by atoms with Crippen LogP contribution in [0.25, 0.3) is 0 Å². The molecular formula is C15H24ClN. The zero-order chi connectivity index (χ0) is 13.1. The van der Waals surface area contributed by atoms with Gasteiger partial charge in [0.1, 0.15) is 0 Å². The average Bonchev–Trinajstić information content (AvgIpc) is 2.15. The van der Waals surface area contributed by atoms with Crippen LogP contribution in [0.1, 0.15) is 46.1 Å². The van der Waals surface area contributed by atoms with Gasteiger partial charge in [-0.05, 0) is 49.3 Å². The van der Waals surface area contributed by atoms with E-state index in [2.05, 4.69) is 27.7 Å². The van der Waals surface area contributed by atoms with Gasteiger partial charge in [0.05, 0.1) is 0 Å². The Labute approximate surface area is 110 Å². The molecule has 0 aromatic heterocycles. The van der Waals surface area contributed by atoms with Crippen LogP contribution >= 0.6 is 11.6 Å². The lowest BCUT2D eigenvalue weighted by Gasteiger charge is -2.29. The van der Waals surface area contributed by atoms with E-state index in [1.807, 2.05) is 24.3 Å². The Hall–Kier alpha value is -0.530. The molecule has 1 aromatic carbocycles. The maximum Gasteiger partial charge on any atom is 0.0406 e. The summed E-state index contributed by atoms with van der Waals surface area (Å²) < 4.78 is 0. The minimum atomic E-state index is -0.265. The Morgan fingerprint density at radius 1 is 1.18 bits per heavy atom. The van der Waals surface area contributed by atoms with Crippen molar-refractivity contribution in [3.63, 3.8) is 0 Å². The molecule has 1 nitrogen and oxygen atoms in total. The van der Waals surface area contributed by atoms with Crippen LogP contribution in [0, 0.1) is 11.8 Å². The van der Waals surface area contributed by atoms with E-state index >= 15 is 0 Å². The van der Waals surface area contributed by atoms with Gasteiger partial charge in [0.2, 0.25) is 0 Å². The molecule has 0 radical (unpaired) electrons. The molecule has 1 rings (SSSR count). The zero-order valence-electron chi connectivity index (χ0n) is 11.3. The third kappa shape index (κ3) is 4.69. The third-order valence-corrected chi connectivity index (χ3v) is 3.40. The molecule has 0 amide bonds. The van der Waals surface area contributed by atoms with E-state index in [1.54, 1.807) is 0 Å². The second-order valence-corrected chi connectivity index (χ2v) is 6.30. The van der Waals surface area contributed by atoms with Crippen molar-refractivity contribution in [2.24, 2.45) is 17.6 Å². The lowest BCUT2D eigenvalue weighted by Crippen LogP contribution is -2.35. The maximum atomic E-state index is 6.42. The molecule has 2 heteroatoms. The molecule has 1 aromatic rings. The molecule has 0 aliphatic carbocycles. The highest BCUT2D eigenvalue weighted by Crippen LogP contribution is 2.29. The molecule has 0 heterocycles. The van der Waals surface area contributed by atoms with Crippen molar-refractivity contribution in [1.82, 2.24) is 0 Å². The fourth-order valence-electron chi connectivity index (χ4n) is 2.56. The fraction of sp³-hybridized carbons (Fsp3) is 0.600. The predicted octanol–water partition coefficient (Wildman–Crippen LogP) is 4.59. The number of halogens is 1. The monoisotopic (exact) mass is 253 g/mol. The average molecular weight is 254 g/mol. The molecule has 0 saturated heterocycles. The van der Waals surface area contributed by atoms with Crippen molar-refractivity contribution in [1.29, 1.82) is 0 Å². The second kappa shape index (κ2) is 5.88. The molecule has 0 saturated carbocycles. The molecule has 2 unspecified atom stereocenters. The van der Waals surface area contributed by atoms with Gasteiger partial charge in [0.15, 0.2) is 0 Å². The first-order valence-electron chi connectivity index (χ1n) is 6.36. The summed E-state index contributed by atoms with van der Waals surface area (Å²) >= 11 is 5.90. The van der Waals surface area contributed by atoms with Crippen LogP contribution in [0.3, 0.4) is 0 Å². The molecule has 2 N–H and O–H groups in total. The number of hydrogen-bond donors (Lipinski definition) is 1. The van der Waals surface area contributed by atoms with Crippen molar-refractivity contribution < 1.29 is 0 Å². The van der Waals surface area contributed by atoms with Crippen LogP contribution in [0.4, 0.5) is 0 Å². The molecular weight excluding hydrogens is 230 g/mol. The highest BCUT2D eigenvalue weighted by atomic mass is 35.5. The van der Waals surface area contributed by atoms with Gasteiger partial charge in [0.25, 0.3) is 0 Å². The van der Waals surface area contributed by atoms with Crippen molar-refractivity contribution >= 4 is 11.6 Å². The summed E-state index contributed by atoms with van der Waals surface area (Å²) in [4.78, 5) is 0. The van der Waals surface area contributed by atoms with Gasteiger partial charge >= 0.3 is 0 Å². The first-order chi connectivity index (χ1) is 7.81. The Bertz CT molecular complexity index is 340. The van der Waals surface area contributed by atoms with E-state index in [0.29, 0.717) is 5.92 Å². The quantitative estimate of drug-likeness (QED) is 0.816. The van der Waals surface area contributed by atoms with E-state index in [0.717, 1.165) is 22.9 Å². The summed E-state index contributed by atoms with van der Waals surface area (Å²) in [6.45, 7) is 8.90. The Morgan fingerprint density at radius 2 is 1.71 bits per heavy atom. The first kappa shape index (κ1) is 14.5. The summed E-state index contributed by atoms with van der Waals surface area (Å²) in [5.74, 6) is 1.37. The smallest absolute Gasteiger partial charge is 0.0406 e. The lowest BCUT2D eigenvalue weighted by atomic mass is 9.82. The van der Waals surface area contributed by atoms with Gasteiger partial charge in [0, 0.05) is 10.6 Å². The Balaban J connectivity index is 2.70. The van der Waals surface area contributed by atoms with Crippen LogP contribution in [0.15, 0.2) is 24.3 Å². The van der Waals surface area contributed by atoms with Crippen molar-refractivity contribution in [2.75, 3.05) is 0 Å². The molecule has 17 heavy (non-hydrogen) atoms. The van der Waals surface area contributed by atoms with Crippen LogP contribution in [0.2, 0.25) is 5.02 Å². The predicted molar refractivity (Wildman–Crippen MR) is 76.2 cm³/mol. The molecule has 0 fully saturated rings. The summed E-state index contributed by atoms with van der Waals surface area (Å²) in [5.41, 5.74) is 7.32. The third-order valence-electron chi connectivity index (χ3n) is 3.15. The van der Waals surface area contributed by atoms with Crippen LogP contribution < -0.4 is 5.73 Å². The summed E-state index contributed by atoms with van der Waals surface area (Å²) in [7, 11) is 0. The van der Waals surface area contributed by atoms with Gasteiger partial charge < -0.3 is 5.73 Å². The minimum absolute atomic E-state index is 0.265.